The topological polar surface area (TPSA) is 98.5 Å². The van der Waals surface area contributed by atoms with E-state index in [2.05, 4.69) is 20.4 Å². The second-order valence-electron chi connectivity index (χ2n) is 8.01. The molecule has 0 atom stereocenters. The Morgan fingerprint density at radius 2 is 2.00 bits per heavy atom. The lowest BCUT2D eigenvalue weighted by molar-refractivity contribution is -0.141. The average Bonchev–Trinajstić information content (AvgIpc) is 3.21. The van der Waals surface area contributed by atoms with Crippen molar-refractivity contribution in [2.75, 3.05) is 12.4 Å². The summed E-state index contributed by atoms with van der Waals surface area (Å²) in [5, 5.41) is 6.91. The second-order valence-corrected chi connectivity index (χ2v) is 8.01. The number of alkyl halides is 3. The van der Waals surface area contributed by atoms with E-state index in [9.17, 15) is 22.8 Å². The lowest BCUT2D eigenvalue weighted by Crippen LogP contribution is -2.16. The van der Waals surface area contributed by atoms with Crippen LogP contribution >= 0.6 is 0 Å². The van der Waals surface area contributed by atoms with Crippen LogP contribution in [0.4, 0.5) is 19.0 Å². The third-order valence-corrected chi connectivity index (χ3v) is 5.84. The zero-order chi connectivity index (χ0) is 23.6. The maximum atomic E-state index is 12.9. The number of aromatic nitrogens is 4. The minimum absolute atomic E-state index is 0.0952. The molecule has 1 saturated carbocycles. The molecule has 4 rings (SSSR count). The van der Waals surface area contributed by atoms with Gasteiger partial charge in [0.25, 0.3) is 5.91 Å². The molecule has 174 valence electrons. The van der Waals surface area contributed by atoms with Gasteiger partial charge in [0, 0.05) is 12.3 Å². The number of aldehydes is 1. The van der Waals surface area contributed by atoms with Gasteiger partial charge in [0.2, 0.25) is 0 Å². The summed E-state index contributed by atoms with van der Waals surface area (Å²) in [6.45, 7) is 0. The zero-order valence-corrected chi connectivity index (χ0v) is 17.8. The number of hydrogen-bond donors (Lipinski definition) is 1. The van der Waals surface area contributed by atoms with Crippen LogP contribution in [0.15, 0.2) is 30.5 Å². The molecule has 1 N–H and O–H groups in total. The largest absolute Gasteiger partial charge is 0.494 e. The van der Waals surface area contributed by atoms with Crippen LogP contribution in [0.1, 0.15) is 59.9 Å². The molecule has 1 fully saturated rings. The fourth-order valence-electron chi connectivity index (χ4n) is 4.08. The Morgan fingerprint density at radius 1 is 1.24 bits per heavy atom. The van der Waals surface area contributed by atoms with Crippen molar-refractivity contribution >= 4 is 23.7 Å². The predicted octanol–water partition coefficient (Wildman–Crippen LogP) is 4.27. The van der Waals surface area contributed by atoms with Crippen molar-refractivity contribution in [3.8, 4) is 5.75 Å². The summed E-state index contributed by atoms with van der Waals surface area (Å²) in [4.78, 5) is 31.6. The standard InChI is InChI=1S/C22H22F3N5O3/c1-33-16-12-30-19(28-20(29-30)14-7-5-13(6-8-14)9-10-31)11-15(16)21(32)27-18-4-2-3-17(26-18)22(23,24)25/h2-4,10-14H,5-9H2,1H3,(H,26,27,32). The number of ether oxygens (including phenoxy) is 1. The lowest BCUT2D eigenvalue weighted by Gasteiger charge is -2.25. The quantitative estimate of drug-likeness (QED) is 0.551. The van der Waals surface area contributed by atoms with E-state index in [0.717, 1.165) is 38.0 Å². The fraction of sp³-hybridized carbons (Fsp3) is 0.409. The van der Waals surface area contributed by atoms with E-state index in [4.69, 9.17) is 4.74 Å². The highest BCUT2D eigenvalue weighted by molar-refractivity contribution is 6.06. The van der Waals surface area contributed by atoms with Crippen molar-refractivity contribution in [3.63, 3.8) is 0 Å². The van der Waals surface area contributed by atoms with Crippen molar-refractivity contribution in [1.29, 1.82) is 0 Å². The molecule has 0 spiro atoms. The van der Waals surface area contributed by atoms with Gasteiger partial charge >= 0.3 is 6.18 Å². The predicted molar refractivity (Wildman–Crippen MR) is 112 cm³/mol. The first-order valence-electron chi connectivity index (χ1n) is 10.5. The van der Waals surface area contributed by atoms with Crippen molar-refractivity contribution in [3.05, 3.63) is 47.5 Å². The van der Waals surface area contributed by atoms with Gasteiger partial charge in [-0.05, 0) is 49.8 Å². The number of carbonyl (C=O) groups excluding carboxylic acids is 2. The number of rotatable bonds is 6. The summed E-state index contributed by atoms with van der Waals surface area (Å²) in [6.07, 6.45) is 2.03. The van der Waals surface area contributed by atoms with Gasteiger partial charge < -0.3 is 14.8 Å². The summed E-state index contributed by atoms with van der Waals surface area (Å²) in [5.41, 5.74) is -0.589. The first-order chi connectivity index (χ1) is 15.8. The van der Waals surface area contributed by atoms with Gasteiger partial charge in [0.1, 0.15) is 23.5 Å². The highest BCUT2D eigenvalue weighted by Crippen LogP contribution is 2.36. The van der Waals surface area contributed by atoms with Gasteiger partial charge in [-0.3, -0.25) is 4.79 Å². The molecule has 0 unspecified atom stereocenters. The van der Waals surface area contributed by atoms with Gasteiger partial charge in [-0.2, -0.15) is 18.3 Å². The molecule has 3 heterocycles. The monoisotopic (exact) mass is 461 g/mol. The van der Waals surface area contributed by atoms with Crippen LogP contribution in [0.2, 0.25) is 0 Å². The van der Waals surface area contributed by atoms with Gasteiger partial charge in [-0.15, -0.1) is 0 Å². The Morgan fingerprint density at radius 3 is 2.67 bits per heavy atom. The molecule has 8 nitrogen and oxygen atoms in total. The Kier molecular flexibility index (Phi) is 6.30. The van der Waals surface area contributed by atoms with E-state index < -0.39 is 17.8 Å². The van der Waals surface area contributed by atoms with E-state index in [0.29, 0.717) is 23.8 Å². The number of anilines is 1. The number of pyridine rings is 2. The SMILES string of the molecule is COc1cn2nc(C3CCC(CC=O)CC3)nc2cc1C(=O)Nc1cccc(C(F)(F)F)n1. The summed E-state index contributed by atoms with van der Waals surface area (Å²) >= 11 is 0. The number of fused-ring (bicyclic) bond motifs is 1. The molecule has 33 heavy (non-hydrogen) atoms. The van der Waals surface area contributed by atoms with Crippen LogP contribution in [0, 0.1) is 5.92 Å². The number of amides is 1. The smallest absolute Gasteiger partial charge is 0.433 e. The van der Waals surface area contributed by atoms with Crippen molar-refractivity contribution in [2.24, 2.45) is 5.92 Å². The van der Waals surface area contributed by atoms with Crippen molar-refractivity contribution in [1.82, 2.24) is 19.6 Å². The molecule has 0 aliphatic heterocycles. The molecule has 0 radical (unpaired) electrons. The van der Waals surface area contributed by atoms with Crippen molar-refractivity contribution < 1.29 is 27.5 Å². The van der Waals surface area contributed by atoms with Crippen LogP contribution < -0.4 is 10.1 Å². The van der Waals surface area contributed by atoms with Crippen LogP contribution in [0.3, 0.4) is 0 Å². The maximum absolute atomic E-state index is 12.9. The third-order valence-electron chi connectivity index (χ3n) is 5.84. The first-order valence-corrected chi connectivity index (χ1v) is 10.5. The molecule has 0 saturated heterocycles. The van der Waals surface area contributed by atoms with Crippen LogP contribution in [-0.4, -0.2) is 38.9 Å². The van der Waals surface area contributed by atoms with Crippen LogP contribution in [0.5, 0.6) is 5.75 Å². The molecular formula is C22H22F3N5O3. The Balaban J connectivity index is 1.57. The van der Waals surface area contributed by atoms with Crippen LogP contribution in [-0.2, 0) is 11.0 Å². The average molecular weight is 461 g/mol. The molecule has 11 heteroatoms. The Bertz CT molecular complexity index is 1170. The summed E-state index contributed by atoms with van der Waals surface area (Å²) in [7, 11) is 1.38. The van der Waals surface area contributed by atoms with Gasteiger partial charge in [0.15, 0.2) is 11.5 Å². The van der Waals surface area contributed by atoms with Crippen molar-refractivity contribution in [2.45, 2.75) is 44.2 Å². The zero-order valence-electron chi connectivity index (χ0n) is 17.8. The summed E-state index contributed by atoms with van der Waals surface area (Å²) < 4.78 is 45.5. The number of nitrogens with zero attached hydrogens (tertiary/aromatic N) is 4. The normalized spacial score (nSPS) is 18.8. The molecule has 3 aromatic rings. The highest BCUT2D eigenvalue weighted by atomic mass is 19.4. The molecular weight excluding hydrogens is 439 g/mol. The number of hydrogen-bond acceptors (Lipinski definition) is 6. The highest BCUT2D eigenvalue weighted by Gasteiger charge is 2.32. The summed E-state index contributed by atoms with van der Waals surface area (Å²) in [5.74, 6) is 0.490. The van der Waals surface area contributed by atoms with Gasteiger partial charge in [0.05, 0.1) is 18.9 Å². The fourth-order valence-corrected chi connectivity index (χ4v) is 4.08. The van der Waals surface area contributed by atoms with Crippen LogP contribution in [0.25, 0.3) is 5.65 Å². The van der Waals surface area contributed by atoms with E-state index in [1.54, 1.807) is 0 Å². The number of halogens is 3. The second kappa shape index (κ2) is 9.16. The molecule has 1 aliphatic carbocycles. The number of carbonyl (C=O) groups is 2. The molecule has 1 aliphatic rings. The Hall–Kier alpha value is -3.50. The molecule has 3 aromatic heterocycles. The van der Waals surface area contributed by atoms with E-state index >= 15 is 0 Å². The summed E-state index contributed by atoms with van der Waals surface area (Å²) in [6, 6.07) is 4.75. The molecule has 0 bridgehead atoms. The van der Waals surface area contributed by atoms with E-state index in [-0.39, 0.29) is 23.0 Å². The van der Waals surface area contributed by atoms with Gasteiger partial charge in [-0.1, -0.05) is 6.07 Å². The third kappa shape index (κ3) is 4.96. The van der Waals surface area contributed by atoms with Gasteiger partial charge in [-0.25, -0.2) is 14.5 Å². The number of nitrogens with one attached hydrogen (secondary N) is 1. The maximum Gasteiger partial charge on any atom is 0.433 e. The molecule has 0 aromatic carbocycles. The Labute approximate surface area is 187 Å². The minimum Gasteiger partial charge on any atom is -0.494 e. The van der Waals surface area contributed by atoms with E-state index in [1.807, 2.05) is 0 Å². The molecule has 1 amide bonds. The first kappa shape index (κ1) is 22.7. The number of methoxy groups -OCH3 is 1. The lowest BCUT2D eigenvalue weighted by atomic mass is 9.80. The minimum atomic E-state index is -4.62. The van der Waals surface area contributed by atoms with E-state index in [1.165, 1.54) is 36.0 Å².